The van der Waals surface area contributed by atoms with Crippen molar-refractivity contribution in [1.29, 1.82) is 0 Å². The van der Waals surface area contributed by atoms with Crippen LogP contribution in [0, 0.1) is 0 Å². The Balaban J connectivity index is 2.19. The van der Waals surface area contributed by atoms with E-state index in [1.165, 1.54) is 36.1 Å². The number of carbonyl (C=O) groups excluding carboxylic acids is 1. The lowest BCUT2D eigenvalue weighted by Crippen LogP contribution is -2.38. The van der Waals surface area contributed by atoms with Crippen LogP contribution in [-0.2, 0) is 12.8 Å². The van der Waals surface area contributed by atoms with Crippen molar-refractivity contribution in [3.8, 4) is 0 Å². The third-order valence-electron chi connectivity index (χ3n) is 3.93. The van der Waals surface area contributed by atoms with Crippen molar-refractivity contribution < 1.29 is 9.90 Å². The highest BCUT2D eigenvalue weighted by Gasteiger charge is 2.22. The number of rotatable bonds is 4. The summed E-state index contributed by atoms with van der Waals surface area (Å²) in [4.78, 5) is 16.6. The fourth-order valence-corrected chi connectivity index (χ4v) is 4.00. The molecular weight excluding hydrogens is 270 g/mol. The SMILES string of the molecule is CC(C)N(CCO)C(=O)c1cc2c(s1)CCCCCC2. The second-order valence-electron chi connectivity index (χ2n) is 5.79. The topological polar surface area (TPSA) is 40.5 Å². The minimum absolute atomic E-state index is 0.0228. The minimum Gasteiger partial charge on any atom is -0.395 e. The van der Waals surface area contributed by atoms with Gasteiger partial charge in [-0.15, -0.1) is 11.3 Å². The summed E-state index contributed by atoms with van der Waals surface area (Å²) in [6.45, 7) is 4.43. The zero-order chi connectivity index (χ0) is 14.5. The summed E-state index contributed by atoms with van der Waals surface area (Å²) in [7, 11) is 0. The van der Waals surface area contributed by atoms with E-state index >= 15 is 0 Å². The van der Waals surface area contributed by atoms with Crippen molar-refractivity contribution in [2.24, 2.45) is 0 Å². The number of nitrogens with zero attached hydrogens (tertiary/aromatic N) is 1. The Labute approximate surface area is 125 Å². The van der Waals surface area contributed by atoms with Crippen LogP contribution < -0.4 is 0 Å². The largest absolute Gasteiger partial charge is 0.395 e. The Hall–Kier alpha value is -0.870. The molecule has 4 heteroatoms. The molecule has 0 unspecified atom stereocenters. The van der Waals surface area contributed by atoms with Gasteiger partial charge in [-0.3, -0.25) is 4.79 Å². The molecule has 1 N–H and O–H groups in total. The zero-order valence-electron chi connectivity index (χ0n) is 12.5. The number of fused-ring (bicyclic) bond motifs is 1. The molecule has 1 aromatic heterocycles. The Bertz CT molecular complexity index is 428. The number of aliphatic hydroxyl groups is 1. The van der Waals surface area contributed by atoms with Crippen molar-refractivity contribution in [2.75, 3.05) is 13.2 Å². The molecule has 0 aromatic carbocycles. The van der Waals surface area contributed by atoms with Gasteiger partial charge in [0.05, 0.1) is 11.5 Å². The molecule has 2 rings (SSSR count). The monoisotopic (exact) mass is 295 g/mol. The minimum atomic E-state index is 0.0228. The smallest absolute Gasteiger partial charge is 0.264 e. The number of aryl methyl sites for hydroxylation is 2. The number of amides is 1. The van der Waals surface area contributed by atoms with Crippen molar-refractivity contribution >= 4 is 17.2 Å². The molecule has 1 amide bonds. The summed E-state index contributed by atoms with van der Waals surface area (Å²) in [5.74, 6) is 0.0748. The quantitative estimate of drug-likeness (QED) is 0.926. The molecule has 0 spiro atoms. The van der Waals surface area contributed by atoms with E-state index in [9.17, 15) is 4.79 Å². The van der Waals surface area contributed by atoms with Gasteiger partial charge in [0.15, 0.2) is 0 Å². The molecule has 0 radical (unpaired) electrons. The third-order valence-corrected chi connectivity index (χ3v) is 5.16. The van der Waals surface area contributed by atoms with E-state index in [1.807, 2.05) is 13.8 Å². The first kappa shape index (κ1) is 15.5. The van der Waals surface area contributed by atoms with Gasteiger partial charge in [-0.05, 0) is 51.2 Å². The predicted octanol–water partition coefficient (Wildman–Crippen LogP) is 3.25. The molecule has 0 bridgehead atoms. The number of carbonyl (C=O) groups is 1. The molecule has 1 aromatic rings. The van der Waals surface area contributed by atoms with Crippen LogP contribution in [-0.4, -0.2) is 35.1 Å². The first-order chi connectivity index (χ1) is 9.63. The van der Waals surface area contributed by atoms with E-state index in [-0.39, 0.29) is 18.6 Å². The lowest BCUT2D eigenvalue weighted by Gasteiger charge is -2.25. The lowest BCUT2D eigenvalue weighted by molar-refractivity contribution is 0.0670. The van der Waals surface area contributed by atoms with E-state index in [2.05, 4.69) is 6.07 Å². The Kier molecular flexibility index (Phi) is 5.61. The first-order valence-corrected chi connectivity index (χ1v) is 8.48. The average Bonchev–Trinajstić information content (AvgIpc) is 2.77. The van der Waals surface area contributed by atoms with Gasteiger partial charge in [0.25, 0.3) is 5.91 Å². The second-order valence-corrected chi connectivity index (χ2v) is 6.93. The summed E-state index contributed by atoms with van der Waals surface area (Å²) < 4.78 is 0. The summed E-state index contributed by atoms with van der Waals surface area (Å²) in [5.41, 5.74) is 1.38. The molecule has 0 saturated carbocycles. The molecule has 0 atom stereocenters. The van der Waals surface area contributed by atoms with Gasteiger partial charge in [0.1, 0.15) is 0 Å². The van der Waals surface area contributed by atoms with E-state index < -0.39 is 0 Å². The maximum absolute atomic E-state index is 12.6. The van der Waals surface area contributed by atoms with Crippen LogP contribution in [0.2, 0.25) is 0 Å². The van der Waals surface area contributed by atoms with Gasteiger partial charge in [-0.2, -0.15) is 0 Å². The third kappa shape index (κ3) is 3.61. The fourth-order valence-electron chi connectivity index (χ4n) is 2.79. The van der Waals surface area contributed by atoms with E-state index in [1.54, 1.807) is 16.2 Å². The van der Waals surface area contributed by atoms with Crippen LogP contribution in [0.1, 0.15) is 59.6 Å². The molecule has 1 aliphatic rings. The molecule has 20 heavy (non-hydrogen) atoms. The molecule has 0 saturated heterocycles. The van der Waals surface area contributed by atoms with Crippen LogP contribution in [0.4, 0.5) is 0 Å². The Morgan fingerprint density at radius 3 is 2.65 bits per heavy atom. The zero-order valence-corrected chi connectivity index (χ0v) is 13.3. The first-order valence-electron chi connectivity index (χ1n) is 7.67. The summed E-state index contributed by atoms with van der Waals surface area (Å²) in [5, 5.41) is 9.13. The van der Waals surface area contributed by atoms with Crippen LogP contribution in [0.3, 0.4) is 0 Å². The van der Waals surface area contributed by atoms with Gasteiger partial charge in [0.2, 0.25) is 0 Å². The Morgan fingerprint density at radius 1 is 1.30 bits per heavy atom. The average molecular weight is 295 g/mol. The molecule has 0 aliphatic heterocycles. The number of thiophene rings is 1. The van der Waals surface area contributed by atoms with Crippen molar-refractivity contribution in [2.45, 2.75) is 58.4 Å². The van der Waals surface area contributed by atoms with Gasteiger partial charge >= 0.3 is 0 Å². The van der Waals surface area contributed by atoms with Gasteiger partial charge in [-0.25, -0.2) is 0 Å². The second kappa shape index (κ2) is 7.23. The van der Waals surface area contributed by atoms with Crippen LogP contribution in [0.15, 0.2) is 6.07 Å². The maximum Gasteiger partial charge on any atom is 0.264 e. The fraction of sp³-hybridized carbons (Fsp3) is 0.688. The van der Waals surface area contributed by atoms with Crippen LogP contribution in [0.25, 0.3) is 0 Å². The lowest BCUT2D eigenvalue weighted by atomic mass is 10.00. The maximum atomic E-state index is 12.6. The van der Waals surface area contributed by atoms with Gasteiger partial charge in [0, 0.05) is 17.5 Å². The molecule has 3 nitrogen and oxygen atoms in total. The molecule has 1 aliphatic carbocycles. The normalized spacial score (nSPS) is 15.6. The standard InChI is InChI=1S/C16H25NO2S/c1-12(2)17(9-10-18)16(19)15-11-13-7-5-3-4-6-8-14(13)20-15/h11-12,18H,3-10H2,1-2H3. The van der Waals surface area contributed by atoms with E-state index in [0.717, 1.165) is 17.7 Å². The van der Waals surface area contributed by atoms with Gasteiger partial charge < -0.3 is 10.0 Å². The summed E-state index contributed by atoms with van der Waals surface area (Å²) in [6, 6.07) is 2.22. The number of hydrogen-bond donors (Lipinski definition) is 1. The van der Waals surface area contributed by atoms with E-state index in [4.69, 9.17) is 5.11 Å². The van der Waals surface area contributed by atoms with Crippen molar-refractivity contribution in [3.05, 3.63) is 21.4 Å². The summed E-state index contributed by atoms with van der Waals surface area (Å²) in [6.07, 6.45) is 7.33. The number of hydrogen-bond acceptors (Lipinski definition) is 3. The molecule has 112 valence electrons. The van der Waals surface area contributed by atoms with Crippen molar-refractivity contribution in [1.82, 2.24) is 4.90 Å². The molecule has 0 fully saturated rings. The molecular formula is C16H25NO2S. The molecule has 1 heterocycles. The highest BCUT2D eigenvalue weighted by molar-refractivity contribution is 7.14. The van der Waals surface area contributed by atoms with Crippen LogP contribution in [0.5, 0.6) is 0 Å². The number of aliphatic hydroxyl groups excluding tert-OH is 1. The highest BCUT2D eigenvalue weighted by Crippen LogP contribution is 2.29. The van der Waals surface area contributed by atoms with E-state index in [0.29, 0.717) is 6.54 Å². The predicted molar refractivity (Wildman–Crippen MR) is 83.5 cm³/mol. The van der Waals surface area contributed by atoms with Crippen molar-refractivity contribution in [3.63, 3.8) is 0 Å². The highest BCUT2D eigenvalue weighted by atomic mass is 32.1. The van der Waals surface area contributed by atoms with Gasteiger partial charge in [-0.1, -0.05) is 12.8 Å². The Morgan fingerprint density at radius 2 is 2.00 bits per heavy atom. The van der Waals surface area contributed by atoms with Crippen LogP contribution >= 0.6 is 11.3 Å². The summed E-state index contributed by atoms with van der Waals surface area (Å²) >= 11 is 1.66.